The van der Waals surface area contributed by atoms with Crippen LogP contribution in [0, 0.1) is 0 Å². The van der Waals surface area contributed by atoms with Crippen molar-refractivity contribution in [3.8, 4) is 0 Å². The minimum atomic E-state index is -0.147. The molecule has 0 amide bonds. The van der Waals surface area contributed by atoms with Gasteiger partial charge in [-0.15, -0.1) is 0 Å². The minimum absolute atomic E-state index is 0.147. The van der Waals surface area contributed by atoms with Gasteiger partial charge in [-0.05, 0) is 49.6 Å². The molecule has 0 fully saturated rings. The van der Waals surface area contributed by atoms with E-state index in [1.807, 2.05) is 0 Å². The van der Waals surface area contributed by atoms with Crippen LogP contribution >= 0.6 is 0 Å². The van der Waals surface area contributed by atoms with Crippen LogP contribution in [0.5, 0.6) is 0 Å². The average molecular weight is 255 g/mol. The Balaban J connectivity index is 2.47. The van der Waals surface area contributed by atoms with Gasteiger partial charge in [-0.1, -0.05) is 36.4 Å². The summed E-state index contributed by atoms with van der Waals surface area (Å²) in [6.45, 7) is 8.90. The van der Waals surface area contributed by atoms with Crippen molar-refractivity contribution in [2.45, 2.75) is 38.8 Å². The highest BCUT2D eigenvalue weighted by Crippen LogP contribution is 2.48. The Bertz CT molecular complexity index is 592. The number of hydrogen-bond acceptors (Lipinski definition) is 2. The molecule has 0 N–H and O–H groups in total. The summed E-state index contributed by atoms with van der Waals surface area (Å²) in [7, 11) is 1.76. The third kappa shape index (κ3) is 1.50. The molecular weight excluding hydrogens is 234 g/mol. The largest absolute Gasteiger partial charge is 0.301 e. The topological polar surface area (TPSA) is 12.5 Å². The molecule has 0 unspecified atom stereocenters. The zero-order valence-electron chi connectivity index (χ0n) is 12.3. The van der Waals surface area contributed by atoms with Crippen molar-refractivity contribution >= 4 is 10.8 Å². The van der Waals surface area contributed by atoms with E-state index in [9.17, 15) is 0 Å². The first-order chi connectivity index (χ1) is 8.90. The molecule has 2 heteroatoms. The van der Waals surface area contributed by atoms with Crippen molar-refractivity contribution in [1.29, 1.82) is 0 Å². The van der Waals surface area contributed by atoms with E-state index in [1.54, 1.807) is 7.11 Å². The van der Waals surface area contributed by atoms with Crippen molar-refractivity contribution in [2.75, 3.05) is 7.11 Å². The van der Waals surface area contributed by atoms with Crippen LogP contribution in [0.1, 0.15) is 38.8 Å². The average Bonchev–Trinajstić information content (AvgIpc) is 2.36. The van der Waals surface area contributed by atoms with Gasteiger partial charge in [-0.3, -0.25) is 0 Å². The summed E-state index contributed by atoms with van der Waals surface area (Å²) in [6.07, 6.45) is 0. The third-order valence-electron chi connectivity index (χ3n) is 4.42. The van der Waals surface area contributed by atoms with E-state index in [2.05, 4.69) is 69.2 Å². The summed E-state index contributed by atoms with van der Waals surface area (Å²) >= 11 is 0. The molecule has 3 rings (SSSR count). The predicted octanol–water partition coefficient (Wildman–Crippen LogP) is 4.19. The molecule has 0 radical (unpaired) electrons. The molecule has 1 aliphatic heterocycles. The molecule has 0 saturated heterocycles. The number of rotatable bonds is 1. The van der Waals surface area contributed by atoms with Crippen LogP contribution in [-0.4, -0.2) is 12.2 Å². The van der Waals surface area contributed by atoms with Crippen LogP contribution in [0.4, 0.5) is 0 Å². The van der Waals surface area contributed by atoms with E-state index in [1.165, 1.54) is 21.9 Å². The zero-order valence-corrected chi connectivity index (χ0v) is 12.3. The molecule has 0 atom stereocenters. The molecule has 0 bridgehead atoms. The van der Waals surface area contributed by atoms with E-state index in [0.29, 0.717) is 0 Å². The molecule has 1 heterocycles. The summed E-state index contributed by atoms with van der Waals surface area (Å²) in [4.78, 5) is 5.74. The number of hydroxylamine groups is 2. The van der Waals surface area contributed by atoms with Crippen molar-refractivity contribution in [2.24, 2.45) is 0 Å². The summed E-state index contributed by atoms with van der Waals surface area (Å²) in [5.41, 5.74) is 2.38. The van der Waals surface area contributed by atoms with Gasteiger partial charge < -0.3 is 4.84 Å². The first-order valence-electron chi connectivity index (χ1n) is 6.78. The Labute approximate surface area is 114 Å². The fourth-order valence-corrected chi connectivity index (χ4v) is 3.73. The van der Waals surface area contributed by atoms with Gasteiger partial charge in [0.2, 0.25) is 0 Å². The van der Waals surface area contributed by atoms with Crippen LogP contribution in [0.2, 0.25) is 0 Å². The number of nitrogens with zero attached hydrogens (tertiary/aromatic N) is 1. The SMILES string of the molecule is CON1C(C)(C)c2cccc3cccc(c23)C1(C)C. The van der Waals surface area contributed by atoms with Crippen LogP contribution in [0.3, 0.4) is 0 Å². The lowest BCUT2D eigenvalue weighted by molar-refractivity contribution is -0.257. The Kier molecular flexibility index (Phi) is 2.54. The van der Waals surface area contributed by atoms with Crippen molar-refractivity contribution in [3.05, 3.63) is 47.5 Å². The lowest BCUT2D eigenvalue weighted by atomic mass is 9.75. The van der Waals surface area contributed by atoms with E-state index in [-0.39, 0.29) is 11.1 Å². The van der Waals surface area contributed by atoms with Gasteiger partial charge in [0, 0.05) is 0 Å². The molecular formula is C17H21NO. The Morgan fingerprint density at radius 3 is 1.74 bits per heavy atom. The van der Waals surface area contributed by atoms with Gasteiger partial charge in [0.1, 0.15) is 0 Å². The van der Waals surface area contributed by atoms with Gasteiger partial charge in [0.25, 0.3) is 0 Å². The number of hydrogen-bond donors (Lipinski definition) is 0. The van der Waals surface area contributed by atoms with Gasteiger partial charge in [0.15, 0.2) is 0 Å². The van der Waals surface area contributed by atoms with E-state index in [0.717, 1.165) is 0 Å². The normalized spacial score (nSPS) is 20.7. The van der Waals surface area contributed by atoms with Crippen LogP contribution in [0.15, 0.2) is 36.4 Å². The second-order valence-corrected chi connectivity index (χ2v) is 6.30. The van der Waals surface area contributed by atoms with Gasteiger partial charge in [-0.2, -0.15) is 5.06 Å². The molecule has 2 aromatic rings. The quantitative estimate of drug-likeness (QED) is 0.757. The molecule has 2 aromatic carbocycles. The van der Waals surface area contributed by atoms with Crippen LogP contribution < -0.4 is 0 Å². The van der Waals surface area contributed by atoms with Crippen LogP contribution in [-0.2, 0) is 15.9 Å². The van der Waals surface area contributed by atoms with Crippen molar-refractivity contribution in [3.63, 3.8) is 0 Å². The first kappa shape index (κ1) is 12.6. The maximum atomic E-state index is 5.74. The summed E-state index contributed by atoms with van der Waals surface area (Å²) in [5.74, 6) is 0. The highest BCUT2D eigenvalue weighted by molar-refractivity contribution is 5.91. The van der Waals surface area contributed by atoms with Crippen molar-refractivity contribution in [1.82, 2.24) is 5.06 Å². The Morgan fingerprint density at radius 2 is 1.32 bits per heavy atom. The van der Waals surface area contributed by atoms with E-state index >= 15 is 0 Å². The lowest BCUT2D eigenvalue weighted by Gasteiger charge is -2.51. The standard InChI is InChI=1S/C17H21NO/c1-16(2)13-10-6-8-12-9-7-11-14(15(12)13)17(3,4)18(16)19-5/h6-11H,1-5H3. The smallest absolute Gasteiger partial charge is 0.0670 e. The molecule has 0 saturated carbocycles. The maximum absolute atomic E-state index is 5.74. The second kappa shape index (κ2) is 3.81. The predicted molar refractivity (Wildman–Crippen MR) is 78.8 cm³/mol. The fourth-order valence-electron chi connectivity index (χ4n) is 3.73. The Morgan fingerprint density at radius 1 is 0.842 bits per heavy atom. The molecule has 0 aliphatic carbocycles. The first-order valence-corrected chi connectivity index (χ1v) is 6.78. The molecule has 0 spiro atoms. The van der Waals surface area contributed by atoms with Gasteiger partial charge >= 0.3 is 0 Å². The highest BCUT2D eigenvalue weighted by Gasteiger charge is 2.46. The van der Waals surface area contributed by atoms with E-state index < -0.39 is 0 Å². The van der Waals surface area contributed by atoms with E-state index in [4.69, 9.17) is 4.84 Å². The van der Waals surface area contributed by atoms with Gasteiger partial charge in [-0.25, -0.2) is 0 Å². The van der Waals surface area contributed by atoms with Crippen molar-refractivity contribution < 1.29 is 4.84 Å². The van der Waals surface area contributed by atoms with Gasteiger partial charge in [0.05, 0.1) is 18.2 Å². The minimum Gasteiger partial charge on any atom is -0.301 e. The number of benzene rings is 2. The third-order valence-corrected chi connectivity index (χ3v) is 4.42. The lowest BCUT2D eigenvalue weighted by Crippen LogP contribution is -2.54. The fraction of sp³-hybridized carbons (Fsp3) is 0.412. The summed E-state index contributed by atoms with van der Waals surface area (Å²) in [6, 6.07) is 13.1. The highest BCUT2D eigenvalue weighted by atomic mass is 16.7. The molecule has 0 aromatic heterocycles. The van der Waals surface area contributed by atoms with Crippen LogP contribution in [0.25, 0.3) is 10.8 Å². The Hall–Kier alpha value is -1.38. The molecule has 2 nitrogen and oxygen atoms in total. The summed E-state index contributed by atoms with van der Waals surface area (Å²) in [5, 5.41) is 4.80. The molecule has 1 aliphatic rings. The summed E-state index contributed by atoms with van der Waals surface area (Å²) < 4.78 is 0. The monoisotopic (exact) mass is 255 g/mol. The maximum Gasteiger partial charge on any atom is 0.0670 e. The zero-order chi connectivity index (χ0) is 13.8. The molecule has 19 heavy (non-hydrogen) atoms. The molecule has 100 valence electrons. The second-order valence-electron chi connectivity index (χ2n) is 6.30.